The molecule has 0 fully saturated rings. The first-order chi connectivity index (χ1) is 18.8. The molecule has 0 aliphatic heterocycles. The van der Waals surface area contributed by atoms with Crippen LogP contribution in [0.5, 0.6) is 0 Å². The number of hydrogen-bond donors (Lipinski definition) is 0. The van der Waals surface area contributed by atoms with Gasteiger partial charge >= 0.3 is 5.97 Å². The zero-order valence-electron chi connectivity index (χ0n) is 23.7. The molecule has 0 saturated heterocycles. The van der Waals surface area contributed by atoms with Crippen LogP contribution in [0.2, 0.25) is 13.1 Å². The van der Waals surface area contributed by atoms with Crippen molar-refractivity contribution >= 4 is 59.9 Å². The first kappa shape index (κ1) is 31.0. The molecule has 39 heavy (non-hydrogen) atoms. The summed E-state index contributed by atoms with van der Waals surface area (Å²) in [7, 11) is -0.139. The molecule has 0 aliphatic carbocycles. The minimum atomic E-state index is -2.45. The third-order valence-corrected chi connectivity index (χ3v) is 12.5. The van der Waals surface area contributed by atoms with Crippen molar-refractivity contribution in [3.63, 3.8) is 0 Å². The number of hydrogen-bond acceptors (Lipinski definition) is 5. The lowest BCUT2D eigenvalue weighted by Gasteiger charge is -2.40. The van der Waals surface area contributed by atoms with Gasteiger partial charge in [0.05, 0.1) is 7.11 Å². The molecule has 208 valence electrons. The fourth-order valence-corrected chi connectivity index (χ4v) is 10.7. The molecule has 0 N–H and O–H groups in total. The third-order valence-electron chi connectivity index (χ3n) is 7.21. The molecule has 1 atom stereocenters. The van der Waals surface area contributed by atoms with E-state index in [2.05, 4.69) is 49.5 Å². The Morgan fingerprint density at radius 3 is 1.54 bits per heavy atom. The van der Waals surface area contributed by atoms with Crippen LogP contribution in [0, 0.1) is 11.3 Å². The van der Waals surface area contributed by atoms with Gasteiger partial charge in [0.1, 0.15) is 6.29 Å². The molecule has 0 amide bonds. The number of benzene rings is 3. The standard InChI is InChI=1S/C31H41O5PSi2/c1-31(2,30(35-38-4)36-39-5)24(22-29(33)34-3)21-25(32)23-37(26-15-9-6-10-16-26,27-17-11-7-12-18-27)28-19-13-8-14-20-28/h6-20,23-24,30H,21-22,38-39H2,1-5H3. The van der Waals surface area contributed by atoms with E-state index in [1.807, 2.05) is 74.2 Å². The van der Waals surface area contributed by atoms with E-state index in [0.29, 0.717) is 0 Å². The van der Waals surface area contributed by atoms with E-state index in [0.717, 1.165) is 15.9 Å². The Hall–Kier alpha value is -2.55. The van der Waals surface area contributed by atoms with Crippen LogP contribution in [0.15, 0.2) is 91.0 Å². The second-order valence-electron chi connectivity index (χ2n) is 10.1. The quantitative estimate of drug-likeness (QED) is 0.126. The Morgan fingerprint density at radius 2 is 1.18 bits per heavy atom. The number of rotatable bonds is 14. The van der Waals surface area contributed by atoms with Gasteiger partial charge in [0.15, 0.2) is 25.3 Å². The van der Waals surface area contributed by atoms with E-state index in [1.54, 1.807) is 0 Å². The molecule has 0 bridgehead atoms. The van der Waals surface area contributed by atoms with Crippen LogP contribution in [0.4, 0.5) is 0 Å². The van der Waals surface area contributed by atoms with Gasteiger partial charge in [-0.15, -0.1) is 0 Å². The lowest BCUT2D eigenvalue weighted by Crippen LogP contribution is -2.43. The van der Waals surface area contributed by atoms with E-state index in [4.69, 9.17) is 13.6 Å². The molecule has 3 rings (SSSR count). The maximum atomic E-state index is 14.2. The Morgan fingerprint density at radius 1 is 0.769 bits per heavy atom. The zero-order valence-corrected chi connectivity index (χ0v) is 27.4. The number of carbonyl (C=O) groups is 2. The minimum absolute atomic E-state index is 0.00288. The second kappa shape index (κ2) is 14.7. The van der Waals surface area contributed by atoms with Crippen LogP contribution in [-0.2, 0) is 23.2 Å². The molecular weight excluding hydrogens is 539 g/mol. The molecule has 3 aromatic carbocycles. The molecule has 8 heteroatoms. The molecule has 3 aromatic rings. The van der Waals surface area contributed by atoms with Gasteiger partial charge in [0.25, 0.3) is 0 Å². The van der Waals surface area contributed by atoms with Gasteiger partial charge in [-0.3, -0.25) is 9.59 Å². The van der Waals surface area contributed by atoms with Crippen molar-refractivity contribution in [2.75, 3.05) is 7.11 Å². The molecule has 0 aromatic heterocycles. The summed E-state index contributed by atoms with van der Waals surface area (Å²) in [6.45, 7) is 5.77. The van der Waals surface area contributed by atoms with Gasteiger partial charge < -0.3 is 13.6 Å². The average molecular weight is 581 g/mol. The first-order valence-corrected chi connectivity index (χ1v) is 19.4. The van der Waals surface area contributed by atoms with E-state index in [9.17, 15) is 9.59 Å². The maximum absolute atomic E-state index is 14.2. The smallest absolute Gasteiger partial charge is 0.305 e. The van der Waals surface area contributed by atoms with Crippen molar-refractivity contribution in [2.24, 2.45) is 11.3 Å². The summed E-state index contributed by atoms with van der Waals surface area (Å²) < 4.78 is 17.3. The van der Waals surface area contributed by atoms with Crippen molar-refractivity contribution in [1.29, 1.82) is 0 Å². The molecule has 0 spiro atoms. The van der Waals surface area contributed by atoms with Crippen LogP contribution < -0.4 is 15.9 Å². The van der Waals surface area contributed by atoms with Gasteiger partial charge in [-0.2, -0.15) is 0 Å². The van der Waals surface area contributed by atoms with Crippen LogP contribution in [0.3, 0.4) is 0 Å². The minimum Gasteiger partial charge on any atom is -0.469 e. The molecule has 0 aliphatic rings. The maximum Gasteiger partial charge on any atom is 0.305 e. The number of methoxy groups -OCH3 is 1. The van der Waals surface area contributed by atoms with Gasteiger partial charge in [0.2, 0.25) is 0 Å². The van der Waals surface area contributed by atoms with Crippen molar-refractivity contribution in [3.8, 4) is 0 Å². The summed E-state index contributed by atoms with van der Waals surface area (Å²) >= 11 is 0. The second-order valence-corrected chi connectivity index (χ2v) is 15.1. The predicted octanol–water partition coefficient (Wildman–Crippen LogP) is 3.57. The van der Waals surface area contributed by atoms with Crippen LogP contribution in [0.25, 0.3) is 0 Å². The fraction of sp³-hybridized carbons (Fsp3) is 0.323. The highest BCUT2D eigenvalue weighted by atomic mass is 31.2. The van der Waals surface area contributed by atoms with Crippen LogP contribution >= 0.6 is 6.89 Å². The van der Waals surface area contributed by atoms with Crippen molar-refractivity contribution in [1.82, 2.24) is 0 Å². The number of Topliss-reactive ketones (excluding diaryl/α,β-unsaturated/α-hetero) is 1. The van der Waals surface area contributed by atoms with Gasteiger partial charge in [-0.25, -0.2) is 0 Å². The highest BCUT2D eigenvalue weighted by Crippen LogP contribution is 2.44. The molecule has 1 unspecified atom stereocenters. The SMILES string of the molecule is COC(=O)CC(CC(=O)C=P(c1ccccc1)(c1ccccc1)c1ccccc1)C(C)(C)C(O[SiH2]C)O[SiH2]C. The van der Waals surface area contributed by atoms with Crippen LogP contribution in [-0.4, -0.2) is 50.5 Å². The number of carbonyl (C=O) groups excluding carboxylic acids is 2. The zero-order chi connectivity index (χ0) is 28.3. The van der Waals surface area contributed by atoms with Crippen molar-refractivity contribution in [2.45, 2.75) is 46.1 Å². The molecule has 5 nitrogen and oxygen atoms in total. The van der Waals surface area contributed by atoms with Crippen molar-refractivity contribution in [3.05, 3.63) is 91.0 Å². The fourth-order valence-electron chi connectivity index (χ4n) is 5.03. The molecule has 0 saturated carbocycles. The Labute approximate surface area is 238 Å². The highest BCUT2D eigenvalue weighted by molar-refractivity contribution is 7.95. The summed E-state index contributed by atoms with van der Waals surface area (Å²) in [4.78, 5) is 26.7. The normalized spacial score (nSPS) is 14.0. The topological polar surface area (TPSA) is 61.8 Å². The monoisotopic (exact) mass is 580 g/mol. The third kappa shape index (κ3) is 7.56. The van der Waals surface area contributed by atoms with E-state index in [-0.39, 0.29) is 30.5 Å². The summed E-state index contributed by atoms with van der Waals surface area (Å²) in [6.07, 6.45) is -0.128. The Balaban J connectivity index is 2.19. The average Bonchev–Trinajstić information content (AvgIpc) is 2.96. The van der Waals surface area contributed by atoms with E-state index < -0.39 is 38.1 Å². The highest BCUT2D eigenvalue weighted by Gasteiger charge is 2.41. The van der Waals surface area contributed by atoms with Gasteiger partial charge in [-0.1, -0.05) is 118 Å². The number of ether oxygens (including phenoxy) is 1. The molecular formula is C31H41O5PSi2. The lowest BCUT2D eigenvalue weighted by molar-refractivity contribution is -0.148. The summed E-state index contributed by atoms with van der Waals surface area (Å²) in [5.74, 6) is 1.30. The van der Waals surface area contributed by atoms with Gasteiger partial charge in [-0.05, 0) is 34.5 Å². The van der Waals surface area contributed by atoms with Crippen molar-refractivity contribution < 1.29 is 23.2 Å². The summed E-state index contributed by atoms with van der Waals surface area (Å²) in [5.41, 5.74) is -0.558. The largest absolute Gasteiger partial charge is 0.469 e. The van der Waals surface area contributed by atoms with Gasteiger partial charge in [0, 0.05) is 18.3 Å². The predicted molar refractivity (Wildman–Crippen MR) is 170 cm³/mol. The van der Waals surface area contributed by atoms with Crippen LogP contribution in [0.1, 0.15) is 26.7 Å². The summed E-state index contributed by atoms with van der Waals surface area (Å²) in [6, 6.07) is 30.8. The lowest BCUT2D eigenvalue weighted by atomic mass is 9.74. The Bertz CT molecular complexity index is 1140. The number of ketones is 1. The van der Waals surface area contributed by atoms with E-state index >= 15 is 0 Å². The number of esters is 1. The first-order valence-electron chi connectivity index (χ1n) is 13.5. The molecule has 0 heterocycles. The molecule has 0 radical (unpaired) electrons. The van der Waals surface area contributed by atoms with E-state index in [1.165, 1.54) is 7.11 Å². The summed E-state index contributed by atoms with van der Waals surface area (Å²) in [5, 5.41) is 3.33. The Kier molecular flexibility index (Phi) is 11.7.